The highest BCUT2D eigenvalue weighted by Gasteiger charge is 2.31. The third-order valence-corrected chi connectivity index (χ3v) is 8.79. The van der Waals surface area contributed by atoms with Gasteiger partial charge in [0.15, 0.2) is 17.2 Å². The zero-order chi connectivity index (χ0) is 31.3. The number of rotatable bonds is 9. The van der Waals surface area contributed by atoms with Crippen LogP contribution < -0.4 is 11.1 Å². The lowest BCUT2D eigenvalue weighted by Crippen LogP contribution is -2.19. The first-order valence-electron chi connectivity index (χ1n) is 10.3. The first-order valence-corrected chi connectivity index (χ1v) is 16.1. The van der Waals surface area contributed by atoms with Gasteiger partial charge in [-0.05, 0) is 37.4 Å². The van der Waals surface area contributed by atoms with E-state index in [1.165, 1.54) is 7.05 Å². The van der Waals surface area contributed by atoms with Gasteiger partial charge in [0.05, 0.1) is 22.0 Å². The van der Waals surface area contributed by atoms with Crippen LogP contribution in [0.4, 0.5) is 17.1 Å². The minimum absolute atomic E-state index is 0.400. The number of nitrogens with two attached hydrogens (primary N) is 1. The fraction of sp³-hybridized carbons (Fsp3) is 0.105. The second kappa shape index (κ2) is 10.7. The number of carbonyl (C=O) groups is 1. The van der Waals surface area contributed by atoms with Crippen LogP contribution in [0.3, 0.4) is 0 Å². The van der Waals surface area contributed by atoms with E-state index in [1.807, 2.05) is 0 Å². The number of azo groups is 1. The number of nitrogens with one attached hydrogen (secondary N) is 1. The van der Waals surface area contributed by atoms with Crippen LogP contribution in [0, 0.1) is 0 Å². The van der Waals surface area contributed by atoms with Gasteiger partial charge < -0.3 is 16.2 Å². The standard InChI is InChI=1S/C19H18N4O14S4/c1-21-7-13(24)10-4-9(39(29,30)31)5-11-15(10)18(25)17(19(16(11)20)41(35,36)37)23-22-12-6-8(38(26,27)28)2-3-14(12)40(32,33)34/h2-6,21,25H,7,20H2,1H3,(H,26,27,28)(H,29,30,31)(H,32,33,34)(H,35,36,37). The normalized spacial score (nSPS) is 13.2. The summed E-state index contributed by atoms with van der Waals surface area (Å²) in [6.07, 6.45) is 0. The Kier molecular flexibility index (Phi) is 8.30. The molecular formula is C19H18N4O14S4. The van der Waals surface area contributed by atoms with Gasteiger partial charge in [0.1, 0.15) is 15.5 Å². The molecule has 0 aromatic heterocycles. The van der Waals surface area contributed by atoms with Gasteiger partial charge in [0, 0.05) is 16.3 Å². The molecule has 0 unspecified atom stereocenters. The van der Waals surface area contributed by atoms with Crippen LogP contribution in [0.25, 0.3) is 10.8 Å². The maximum absolute atomic E-state index is 12.8. The number of nitrogen functional groups attached to an aromatic ring is 1. The molecule has 22 heteroatoms. The molecule has 3 rings (SSSR count). The maximum atomic E-state index is 12.8. The summed E-state index contributed by atoms with van der Waals surface area (Å²) in [5.41, 5.74) is 1.96. The number of phenolic OH excluding ortho intramolecular Hbond substituents is 1. The maximum Gasteiger partial charge on any atom is 0.298 e. The van der Waals surface area contributed by atoms with Crippen molar-refractivity contribution in [2.45, 2.75) is 19.6 Å². The number of phenols is 1. The predicted octanol–water partition coefficient (Wildman–Crippen LogP) is 0.932. The molecule has 3 aromatic carbocycles. The van der Waals surface area contributed by atoms with Gasteiger partial charge in [-0.25, -0.2) is 0 Å². The number of likely N-dealkylation sites (N-methyl/N-ethyl adjacent to an activating group) is 1. The van der Waals surface area contributed by atoms with Crippen molar-refractivity contribution in [2.75, 3.05) is 19.3 Å². The Morgan fingerprint density at radius 1 is 0.829 bits per heavy atom. The Morgan fingerprint density at radius 3 is 1.90 bits per heavy atom. The summed E-state index contributed by atoms with van der Waals surface area (Å²) in [5.74, 6) is -2.19. The van der Waals surface area contributed by atoms with Crippen molar-refractivity contribution in [3.8, 4) is 5.75 Å². The fourth-order valence-electron chi connectivity index (χ4n) is 3.60. The Morgan fingerprint density at radius 2 is 1.41 bits per heavy atom. The number of anilines is 1. The van der Waals surface area contributed by atoms with E-state index in [9.17, 15) is 61.8 Å². The molecular weight excluding hydrogens is 636 g/mol. The second-order valence-corrected chi connectivity index (χ2v) is 13.6. The molecule has 0 saturated heterocycles. The first kappa shape index (κ1) is 31.9. The van der Waals surface area contributed by atoms with Gasteiger partial charge in [0.25, 0.3) is 40.5 Å². The lowest BCUT2D eigenvalue weighted by atomic mass is 9.98. The van der Waals surface area contributed by atoms with E-state index < -0.39 is 112 Å². The molecule has 0 fully saturated rings. The lowest BCUT2D eigenvalue weighted by molar-refractivity contribution is 0.0994. The van der Waals surface area contributed by atoms with E-state index in [0.29, 0.717) is 30.3 Å². The first-order chi connectivity index (χ1) is 18.6. The summed E-state index contributed by atoms with van der Waals surface area (Å²) in [6.45, 7) is -0.486. The molecule has 0 atom stereocenters. The second-order valence-electron chi connectivity index (χ2n) is 8.02. The van der Waals surface area contributed by atoms with E-state index in [0.717, 1.165) is 0 Å². The number of fused-ring (bicyclic) bond motifs is 1. The van der Waals surface area contributed by atoms with Gasteiger partial charge in [-0.2, -0.15) is 33.7 Å². The van der Waals surface area contributed by atoms with E-state index in [2.05, 4.69) is 15.5 Å². The van der Waals surface area contributed by atoms with Crippen molar-refractivity contribution in [2.24, 2.45) is 10.2 Å². The monoisotopic (exact) mass is 654 g/mol. The quantitative estimate of drug-likeness (QED) is 0.0554. The average molecular weight is 655 g/mol. The van der Waals surface area contributed by atoms with Crippen molar-refractivity contribution in [3.63, 3.8) is 0 Å². The summed E-state index contributed by atoms with van der Waals surface area (Å²) in [7, 11) is -19.4. The number of aromatic hydroxyl groups is 1. The van der Waals surface area contributed by atoms with Crippen LogP contribution in [0.1, 0.15) is 10.4 Å². The van der Waals surface area contributed by atoms with Crippen molar-refractivity contribution in [3.05, 3.63) is 35.9 Å². The van der Waals surface area contributed by atoms with Crippen LogP contribution >= 0.6 is 0 Å². The SMILES string of the molecule is CNCC(=O)c1cc(S(=O)(=O)O)cc2c(N)c(S(=O)(=O)O)c(N=Nc3cc(S(=O)(=O)O)ccc3S(=O)(=O)O)c(O)c12. The minimum Gasteiger partial charge on any atom is -0.505 e. The van der Waals surface area contributed by atoms with E-state index >= 15 is 0 Å². The molecule has 0 aliphatic heterocycles. The highest BCUT2D eigenvalue weighted by Crippen LogP contribution is 2.48. The molecule has 0 saturated carbocycles. The molecule has 222 valence electrons. The Hall–Kier alpha value is -3.61. The molecule has 0 bridgehead atoms. The minimum atomic E-state index is -5.50. The van der Waals surface area contributed by atoms with Crippen LogP contribution in [-0.2, 0) is 40.5 Å². The summed E-state index contributed by atoms with van der Waals surface area (Å²) in [4.78, 5) is 8.34. The van der Waals surface area contributed by atoms with Crippen molar-refractivity contribution < 1.29 is 61.8 Å². The van der Waals surface area contributed by atoms with Gasteiger partial charge in [-0.3, -0.25) is 23.0 Å². The molecule has 8 N–H and O–H groups in total. The number of ketones is 1. The van der Waals surface area contributed by atoms with Crippen molar-refractivity contribution in [1.82, 2.24) is 5.32 Å². The number of nitrogens with zero attached hydrogens (tertiary/aromatic N) is 2. The smallest absolute Gasteiger partial charge is 0.298 e. The predicted molar refractivity (Wildman–Crippen MR) is 138 cm³/mol. The Bertz CT molecular complexity index is 2090. The molecule has 0 amide bonds. The van der Waals surface area contributed by atoms with Crippen LogP contribution in [0.2, 0.25) is 0 Å². The molecule has 0 radical (unpaired) electrons. The molecule has 18 nitrogen and oxygen atoms in total. The number of benzene rings is 3. The van der Waals surface area contributed by atoms with Crippen molar-refractivity contribution in [1.29, 1.82) is 0 Å². The molecule has 0 spiro atoms. The van der Waals surface area contributed by atoms with Gasteiger partial charge in [-0.15, -0.1) is 10.2 Å². The lowest BCUT2D eigenvalue weighted by Gasteiger charge is -2.16. The Labute approximate surface area is 231 Å². The Balaban J connectivity index is 2.56. The third-order valence-electron chi connectivity index (χ3n) is 5.28. The van der Waals surface area contributed by atoms with Crippen molar-refractivity contribution >= 4 is 74.1 Å². The van der Waals surface area contributed by atoms with Gasteiger partial charge in [-0.1, -0.05) is 0 Å². The molecule has 0 aliphatic carbocycles. The largest absolute Gasteiger partial charge is 0.505 e. The summed E-state index contributed by atoms with van der Waals surface area (Å²) in [6, 6.07) is 2.67. The van der Waals surface area contributed by atoms with Crippen LogP contribution in [-0.4, -0.2) is 76.4 Å². The topological polar surface area (TPSA) is 318 Å². The van der Waals surface area contributed by atoms with Crippen LogP contribution in [0.15, 0.2) is 60.1 Å². The molecule has 3 aromatic rings. The number of hydrogen-bond donors (Lipinski definition) is 7. The number of hydrogen-bond acceptors (Lipinski definition) is 14. The fourth-order valence-corrected chi connectivity index (χ4v) is 6.00. The number of carbonyl (C=O) groups excluding carboxylic acids is 1. The summed E-state index contributed by atoms with van der Waals surface area (Å²) < 4.78 is 133. The zero-order valence-electron chi connectivity index (χ0n) is 20.1. The zero-order valence-corrected chi connectivity index (χ0v) is 23.4. The molecule has 0 heterocycles. The van der Waals surface area contributed by atoms with E-state index in [1.54, 1.807) is 0 Å². The third kappa shape index (κ3) is 6.50. The van der Waals surface area contributed by atoms with E-state index in [4.69, 9.17) is 5.73 Å². The van der Waals surface area contributed by atoms with E-state index in [-0.39, 0.29) is 0 Å². The van der Waals surface area contributed by atoms with Gasteiger partial charge in [0.2, 0.25) is 0 Å². The highest BCUT2D eigenvalue weighted by molar-refractivity contribution is 7.86. The van der Waals surface area contributed by atoms with Gasteiger partial charge >= 0.3 is 0 Å². The molecule has 41 heavy (non-hydrogen) atoms. The average Bonchev–Trinajstić information content (AvgIpc) is 2.81. The number of Topliss-reactive ketones (excluding diaryl/α,β-unsaturated/α-hetero) is 1. The molecule has 0 aliphatic rings. The summed E-state index contributed by atoms with van der Waals surface area (Å²) in [5, 5.41) is 18.9. The summed E-state index contributed by atoms with van der Waals surface area (Å²) >= 11 is 0. The van der Waals surface area contributed by atoms with Crippen LogP contribution in [0.5, 0.6) is 5.75 Å². The highest BCUT2D eigenvalue weighted by atomic mass is 32.2.